The first-order valence-corrected chi connectivity index (χ1v) is 10.3. The molecule has 0 saturated carbocycles. The first-order chi connectivity index (χ1) is 14.4. The Kier molecular flexibility index (Phi) is 6.93. The number of benzene rings is 3. The van der Waals surface area contributed by atoms with E-state index in [1.165, 1.54) is 0 Å². The number of nitrogens with two attached hydrogens (primary N) is 1. The lowest BCUT2D eigenvalue weighted by Gasteiger charge is -2.37. The lowest BCUT2D eigenvalue weighted by Crippen LogP contribution is -2.45. The van der Waals surface area contributed by atoms with Crippen molar-refractivity contribution in [2.75, 3.05) is 0 Å². The molecule has 3 unspecified atom stereocenters. The van der Waals surface area contributed by atoms with Gasteiger partial charge >= 0.3 is 5.97 Å². The fourth-order valence-electron chi connectivity index (χ4n) is 3.47. The van der Waals surface area contributed by atoms with Crippen LogP contribution < -0.4 is 5.73 Å². The Morgan fingerprint density at radius 3 is 2.17 bits per heavy atom. The van der Waals surface area contributed by atoms with E-state index < -0.39 is 23.7 Å². The highest BCUT2D eigenvalue weighted by Gasteiger charge is 2.43. The SMILES string of the molecule is CCC(N)C(O)C(=O)OC(c1ccccc1)(c1ccc(C)cc1)c1ccccc1Cl. The molecule has 4 nitrogen and oxygen atoms in total. The number of carbonyl (C=O) groups excluding carboxylic acids is 1. The highest BCUT2D eigenvalue weighted by Crippen LogP contribution is 2.43. The van der Waals surface area contributed by atoms with Crippen molar-refractivity contribution in [1.82, 2.24) is 0 Å². The van der Waals surface area contributed by atoms with Crippen LogP contribution >= 0.6 is 11.6 Å². The molecule has 0 aliphatic heterocycles. The third kappa shape index (κ3) is 4.26. The van der Waals surface area contributed by atoms with Gasteiger partial charge < -0.3 is 15.6 Å². The number of hydrogen-bond acceptors (Lipinski definition) is 4. The quantitative estimate of drug-likeness (QED) is 0.431. The van der Waals surface area contributed by atoms with Crippen LogP contribution in [0.4, 0.5) is 0 Å². The average Bonchev–Trinajstić information content (AvgIpc) is 2.78. The third-order valence-corrected chi connectivity index (χ3v) is 5.59. The van der Waals surface area contributed by atoms with Crippen molar-refractivity contribution < 1.29 is 14.6 Å². The minimum atomic E-state index is -1.45. The fourth-order valence-corrected chi connectivity index (χ4v) is 3.74. The molecule has 0 bridgehead atoms. The minimum Gasteiger partial charge on any atom is -0.442 e. The predicted molar refractivity (Wildman–Crippen MR) is 119 cm³/mol. The van der Waals surface area contributed by atoms with Crippen LogP contribution in [0.2, 0.25) is 5.02 Å². The number of aryl methyl sites for hydroxylation is 1. The molecule has 3 atom stereocenters. The summed E-state index contributed by atoms with van der Waals surface area (Å²) in [5.74, 6) is -0.798. The lowest BCUT2D eigenvalue weighted by molar-refractivity contribution is -0.164. The second kappa shape index (κ2) is 9.43. The second-order valence-corrected chi connectivity index (χ2v) is 7.74. The molecular formula is C25H26ClNO3. The molecule has 30 heavy (non-hydrogen) atoms. The van der Waals surface area contributed by atoms with E-state index in [0.717, 1.165) is 11.1 Å². The molecule has 0 fully saturated rings. The number of carbonyl (C=O) groups is 1. The van der Waals surface area contributed by atoms with Crippen LogP contribution in [0.1, 0.15) is 35.6 Å². The van der Waals surface area contributed by atoms with Crippen LogP contribution in [0, 0.1) is 6.92 Å². The summed E-state index contributed by atoms with van der Waals surface area (Å²) in [7, 11) is 0. The van der Waals surface area contributed by atoms with Gasteiger partial charge in [-0.2, -0.15) is 0 Å². The maximum Gasteiger partial charge on any atom is 0.338 e. The summed E-state index contributed by atoms with van der Waals surface area (Å²) in [4.78, 5) is 13.1. The van der Waals surface area contributed by atoms with Crippen molar-refractivity contribution in [1.29, 1.82) is 0 Å². The molecule has 0 radical (unpaired) electrons. The lowest BCUT2D eigenvalue weighted by atomic mass is 9.79. The summed E-state index contributed by atoms with van der Waals surface area (Å²) < 4.78 is 6.15. The van der Waals surface area contributed by atoms with Gasteiger partial charge in [-0.3, -0.25) is 0 Å². The summed E-state index contributed by atoms with van der Waals surface area (Å²) in [6, 6.07) is 23.6. The third-order valence-electron chi connectivity index (χ3n) is 5.26. The molecule has 3 aromatic rings. The molecule has 0 heterocycles. The van der Waals surface area contributed by atoms with Gasteiger partial charge in [0.1, 0.15) is 0 Å². The van der Waals surface area contributed by atoms with E-state index in [1.54, 1.807) is 13.0 Å². The fraction of sp³-hybridized carbons (Fsp3) is 0.240. The van der Waals surface area contributed by atoms with Crippen LogP contribution in [-0.4, -0.2) is 23.2 Å². The van der Waals surface area contributed by atoms with Crippen LogP contribution in [0.15, 0.2) is 78.9 Å². The van der Waals surface area contributed by atoms with E-state index in [1.807, 2.05) is 79.7 Å². The number of esters is 1. The van der Waals surface area contributed by atoms with Crippen LogP contribution in [0.3, 0.4) is 0 Å². The van der Waals surface area contributed by atoms with Crippen molar-refractivity contribution in [3.05, 3.63) is 106 Å². The first-order valence-electron chi connectivity index (χ1n) is 9.94. The summed E-state index contributed by atoms with van der Waals surface area (Å²) in [5.41, 5.74) is 7.69. The van der Waals surface area contributed by atoms with Gasteiger partial charge in [0.05, 0.1) is 0 Å². The Balaban J connectivity index is 2.28. The van der Waals surface area contributed by atoms with Gasteiger partial charge in [-0.05, 0) is 19.4 Å². The molecule has 3 aromatic carbocycles. The zero-order valence-electron chi connectivity index (χ0n) is 17.1. The van der Waals surface area contributed by atoms with Gasteiger partial charge in [0, 0.05) is 27.8 Å². The number of aliphatic hydroxyl groups excluding tert-OH is 1. The number of aliphatic hydroxyl groups is 1. The molecule has 3 N–H and O–H groups in total. The van der Waals surface area contributed by atoms with Gasteiger partial charge in [-0.1, -0.05) is 96.9 Å². The normalized spacial score (nSPS) is 15.1. The Bertz CT molecular complexity index is 991. The number of ether oxygens (including phenoxy) is 1. The molecule has 0 amide bonds. The zero-order chi connectivity index (χ0) is 21.7. The molecule has 0 aliphatic rings. The van der Waals surface area contributed by atoms with E-state index in [9.17, 15) is 9.90 Å². The first kappa shape index (κ1) is 22.0. The Labute approximate surface area is 182 Å². The molecule has 0 aromatic heterocycles. The van der Waals surface area contributed by atoms with E-state index in [0.29, 0.717) is 22.6 Å². The largest absolute Gasteiger partial charge is 0.442 e. The molecule has 156 valence electrons. The minimum absolute atomic E-state index is 0.436. The van der Waals surface area contributed by atoms with Gasteiger partial charge in [0.2, 0.25) is 0 Å². The van der Waals surface area contributed by atoms with E-state index in [4.69, 9.17) is 22.1 Å². The standard InChI is InChI=1S/C25H26ClNO3/c1-3-22(27)23(28)24(29)30-25(18-9-5-4-6-10-18,19-15-13-17(2)14-16-19)20-11-7-8-12-21(20)26/h4-16,22-23,28H,3,27H2,1-2H3. The van der Waals surface area contributed by atoms with Crippen molar-refractivity contribution in [3.8, 4) is 0 Å². The van der Waals surface area contributed by atoms with Crippen molar-refractivity contribution in [2.45, 2.75) is 38.0 Å². The second-order valence-electron chi connectivity index (χ2n) is 7.33. The summed E-state index contributed by atoms with van der Waals surface area (Å²) in [6.45, 7) is 3.79. The van der Waals surface area contributed by atoms with Gasteiger partial charge in [0.15, 0.2) is 11.7 Å². The molecule has 0 aliphatic carbocycles. The van der Waals surface area contributed by atoms with Crippen LogP contribution in [0.5, 0.6) is 0 Å². The number of rotatable bonds is 7. The van der Waals surface area contributed by atoms with Crippen molar-refractivity contribution >= 4 is 17.6 Å². The average molecular weight is 424 g/mol. The zero-order valence-corrected chi connectivity index (χ0v) is 17.8. The van der Waals surface area contributed by atoms with Gasteiger partial charge in [0.25, 0.3) is 0 Å². The van der Waals surface area contributed by atoms with E-state index >= 15 is 0 Å². The summed E-state index contributed by atoms with van der Waals surface area (Å²) in [5, 5.41) is 10.9. The Morgan fingerprint density at radius 1 is 1.00 bits per heavy atom. The monoisotopic (exact) mass is 423 g/mol. The Morgan fingerprint density at radius 2 is 1.57 bits per heavy atom. The van der Waals surface area contributed by atoms with Gasteiger partial charge in [-0.15, -0.1) is 0 Å². The Hall–Kier alpha value is -2.66. The number of halogens is 1. The highest BCUT2D eigenvalue weighted by molar-refractivity contribution is 6.31. The maximum atomic E-state index is 13.1. The maximum absolute atomic E-state index is 13.1. The van der Waals surface area contributed by atoms with E-state index in [-0.39, 0.29) is 0 Å². The molecule has 3 rings (SSSR count). The predicted octanol–water partition coefficient (Wildman–Crippen LogP) is 4.58. The van der Waals surface area contributed by atoms with Crippen molar-refractivity contribution in [2.24, 2.45) is 5.73 Å². The van der Waals surface area contributed by atoms with Gasteiger partial charge in [-0.25, -0.2) is 4.79 Å². The van der Waals surface area contributed by atoms with E-state index in [2.05, 4.69) is 0 Å². The van der Waals surface area contributed by atoms with Crippen LogP contribution in [-0.2, 0) is 15.1 Å². The topological polar surface area (TPSA) is 72.5 Å². The van der Waals surface area contributed by atoms with Crippen LogP contribution in [0.25, 0.3) is 0 Å². The molecule has 0 spiro atoms. The van der Waals surface area contributed by atoms with Crippen molar-refractivity contribution in [3.63, 3.8) is 0 Å². The highest BCUT2D eigenvalue weighted by atomic mass is 35.5. The molecular weight excluding hydrogens is 398 g/mol. The smallest absolute Gasteiger partial charge is 0.338 e. The molecule has 0 saturated heterocycles. The summed E-state index contributed by atoms with van der Waals surface area (Å²) >= 11 is 6.61. The number of hydrogen-bond donors (Lipinski definition) is 2. The molecule has 5 heteroatoms. The summed E-state index contributed by atoms with van der Waals surface area (Å²) in [6.07, 6.45) is -1.02.